The lowest BCUT2D eigenvalue weighted by atomic mass is 10.2. The summed E-state index contributed by atoms with van der Waals surface area (Å²) in [6.45, 7) is 0. The van der Waals surface area contributed by atoms with E-state index in [0.29, 0.717) is 22.4 Å². The van der Waals surface area contributed by atoms with Gasteiger partial charge in [0.25, 0.3) is 11.4 Å². The summed E-state index contributed by atoms with van der Waals surface area (Å²) in [5, 5.41) is 22.1. The van der Waals surface area contributed by atoms with E-state index in [-0.39, 0.29) is 17.1 Å². The van der Waals surface area contributed by atoms with E-state index in [1.165, 1.54) is 65.2 Å². The molecule has 9 heteroatoms. The van der Waals surface area contributed by atoms with Crippen molar-refractivity contribution in [1.29, 1.82) is 0 Å². The van der Waals surface area contributed by atoms with E-state index in [1.54, 1.807) is 6.07 Å². The Morgan fingerprint density at radius 3 is 2.14 bits per heavy atom. The summed E-state index contributed by atoms with van der Waals surface area (Å²) >= 11 is 0. The summed E-state index contributed by atoms with van der Waals surface area (Å²) in [7, 11) is 0. The lowest BCUT2D eigenvalue weighted by Gasteiger charge is -2.10. The van der Waals surface area contributed by atoms with Crippen LogP contribution in [-0.2, 0) is 0 Å². The van der Waals surface area contributed by atoms with E-state index >= 15 is 0 Å². The number of aromatic nitrogens is 2. The molecule has 0 saturated heterocycles. The fraction of sp³-hybridized carbons (Fsp3) is 0. The Labute approximate surface area is 156 Å². The van der Waals surface area contributed by atoms with Gasteiger partial charge in [-0.05, 0) is 30.3 Å². The molecule has 28 heavy (non-hydrogen) atoms. The maximum absolute atomic E-state index is 14.5. The Balaban J connectivity index is 2.02. The van der Waals surface area contributed by atoms with Crippen molar-refractivity contribution in [3.05, 3.63) is 92.8 Å². The van der Waals surface area contributed by atoms with Crippen LogP contribution in [0.2, 0.25) is 0 Å². The van der Waals surface area contributed by atoms with Crippen molar-refractivity contribution in [3.63, 3.8) is 0 Å². The minimum absolute atomic E-state index is 0.0899. The molecule has 138 valence electrons. The molecule has 0 atom stereocenters. The molecule has 0 fully saturated rings. The Morgan fingerprint density at radius 1 is 0.857 bits per heavy atom. The van der Waals surface area contributed by atoms with Gasteiger partial charge in [0.1, 0.15) is 11.6 Å². The summed E-state index contributed by atoms with van der Waals surface area (Å²) in [4.78, 5) is 25.5. The third-order valence-corrected chi connectivity index (χ3v) is 4.28. The second-order valence-electron chi connectivity index (χ2n) is 5.96. The molecular weight excluding hydrogens is 367 g/mol. The molecule has 0 saturated carbocycles. The van der Waals surface area contributed by atoms with E-state index < -0.39 is 15.7 Å². The van der Waals surface area contributed by atoms with Crippen LogP contribution in [0.5, 0.6) is 0 Å². The van der Waals surface area contributed by atoms with Gasteiger partial charge in [-0.25, -0.2) is 9.37 Å². The van der Waals surface area contributed by atoms with Crippen molar-refractivity contribution in [2.24, 2.45) is 0 Å². The number of halogens is 1. The molecule has 1 aromatic heterocycles. The Hall–Kier alpha value is -4.14. The monoisotopic (exact) mass is 378 g/mol. The van der Waals surface area contributed by atoms with Crippen LogP contribution < -0.4 is 0 Å². The minimum atomic E-state index is -0.538. The summed E-state index contributed by atoms with van der Waals surface area (Å²) in [5.41, 5.74) is 1.22. The van der Waals surface area contributed by atoms with Gasteiger partial charge in [0.2, 0.25) is 0 Å². The van der Waals surface area contributed by atoms with E-state index in [2.05, 4.69) is 4.98 Å². The standard InChI is InChI=1S/C19H11FN4O4/c20-15-3-1-2-4-17(15)22-18-11-14(24(27)28)9-10-16(18)21-19(22)12-5-7-13(8-6-12)23(25)26/h1-11H. The maximum Gasteiger partial charge on any atom is 0.271 e. The van der Waals surface area contributed by atoms with Crippen molar-refractivity contribution in [1.82, 2.24) is 9.55 Å². The van der Waals surface area contributed by atoms with Gasteiger partial charge in [0.15, 0.2) is 0 Å². The van der Waals surface area contributed by atoms with Gasteiger partial charge in [-0.1, -0.05) is 12.1 Å². The van der Waals surface area contributed by atoms with Crippen LogP contribution in [0.15, 0.2) is 66.7 Å². The first-order valence-electron chi connectivity index (χ1n) is 8.12. The number of hydrogen-bond acceptors (Lipinski definition) is 5. The number of non-ortho nitro benzene ring substituents is 2. The largest absolute Gasteiger partial charge is 0.289 e. The molecule has 1 heterocycles. The second kappa shape index (κ2) is 6.54. The third-order valence-electron chi connectivity index (χ3n) is 4.28. The van der Waals surface area contributed by atoms with E-state index in [0.717, 1.165) is 0 Å². The molecule has 0 aliphatic heterocycles. The van der Waals surface area contributed by atoms with Crippen LogP contribution in [0.3, 0.4) is 0 Å². The van der Waals surface area contributed by atoms with Crippen LogP contribution in [-0.4, -0.2) is 19.4 Å². The minimum Gasteiger partial charge on any atom is -0.289 e. The molecule has 8 nitrogen and oxygen atoms in total. The number of imidazole rings is 1. The lowest BCUT2D eigenvalue weighted by molar-refractivity contribution is -0.385. The zero-order valence-electron chi connectivity index (χ0n) is 14.2. The van der Waals surface area contributed by atoms with E-state index in [9.17, 15) is 24.6 Å². The predicted octanol–water partition coefficient (Wildman–Crippen LogP) is 4.65. The topological polar surface area (TPSA) is 104 Å². The van der Waals surface area contributed by atoms with Crippen molar-refractivity contribution in [2.75, 3.05) is 0 Å². The summed E-state index contributed by atoms with van der Waals surface area (Å²) in [5.74, 6) is -0.216. The van der Waals surface area contributed by atoms with Gasteiger partial charge in [0.05, 0.1) is 26.6 Å². The van der Waals surface area contributed by atoms with Crippen LogP contribution in [0, 0.1) is 26.0 Å². The zero-order chi connectivity index (χ0) is 19.8. The Bertz CT molecular complexity index is 1230. The molecule has 0 amide bonds. The summed E-state index contributed by atoms with van der Waals surface area (Å²) in [6.07, 6.45) is 0. The molecule has 0 bridgehead atoms. The molecule has 4 rings (SSSR count). The van der Waals surface area contributed by atoms with Crippen LogP contribution in [0.25, 0.3) is 28.1 Å². The molecule has 4 aromatic rings. The number of para-hydroxylation sites is 1. The molecule has 0 spiro atoms. The number of nitro groups is 2. The average Bonchev–Trinajstić information content (AvgIpc) is 3.07. The number of hydrogen-bond donors (Lipinski definition) is 0. The van der Waals surface area contributed by atoms with Crippen molar-refractivity contribution in [2.45, 2.75) is 0 Å². The molecular formula is C19H11FN4O4. The zero-order valence-corrected chi connectivity index (χ0v) is 14.2. The van der Waals surface area contributed by atoms with Crippen molar-refractivity contribution >= 4 is 22.4 Å². The number of fused-ring (bicyclic) bond motifs is 1. The summed E-state index contributed by atoms with van der Waals surface area (Å²) < 4.78 is 16.0. The van der Waals surface area contributed by atoms with Crippen molar-refractivity contribution < 1.29 is 14.2 Å². The number of rotatable bonds is 4. The average molecular weight is 378 g/mol. The van der Waals surface area contributed by atoms with Crippen molar-refractivity contribution in [3.8, 4) is 17.1 Å². The van der Waals surface area contributed by atoms with Crippen LogP contribution >= 0.6 is 0 Å². The second-order valence-corrected chi connectivity index (χ2v) is 5.96. The smallest absolute Gasteiger partial charge is 0.271 e. The van der Waals surface area contributed by atoms with Gasteiger partial charge in [-0.15, -0.1) is 0 Å². The fourth-order valence-electron chi connectivity index (χ4n) is 2.98. The molecule has 0 radical (unpaired) electrons. The van der Waals surface area contributed by atoms with Crippen LogP contribution in [0.1, 0.15) is 0 Å². The molecule has 0 aliphatic rings. The number of benzene rings is 3. The normalized spacial score (nSPS) is 10.9. The molecule has 0 unspecified atom stereocenters. The van der Waals surface area contributed by atoms with Gasteiger partial charge >= 0.3 is 0 Å². The van der Waals surface area contributed by atoms with Gasteiger partial charge in [0, 0.05) is 29.8 Å². The van der Waals surface area contributed by atoms with E-state index in [4.69, 9.17) is 0 Å². The first kappa shape index (κ1) is 17.3. The van der Waals surface area contributed by atoms with E-state index in [1.807, 2.05) is 0 Å². The third kappa shape index (κ3) is 2.84. The number of nitro benzene ring substituents is 2. The fourth-order valence-corrected chi connectivity index (χ4v) is 2.98. The highest BCUT2D eigenvalue weighted by molar-refractivity contribution is 5.85. The van der Waals surface area contributed by atoms with Gasteiger partial charge < -0.3 is 0 Å². The Kier molecular flexibility index (Phi) is 4.04. The maximum atomic E-state index is 14.5. The molecule has 0 N–H and O–H groups in total. The number of nitrogens with zero attached hydrogens (tertiary/aromatic N) is 4. The van der Waals surface area contributed by atoms with Crippen LogP contribution in [0.4, 0.5) is 15.8 Å². The molecule has 0 aliphatic carbocycles. The lowest BCUT2D eigenvalue weighted by Crippen LogP contribution is -2.01. The Morgan fingerprint density at radius 2 is 1.50 bits per heavy atom. The van der Waals surface area contributed by atoms with Gasteiger partial charge in [-0.2, -0.15) is 0 Å². The predicted molar refractivity (Wildman–Crippen MR) is 99.8 cm³/mol. The SMILES string of the molecule is O=[N+]([O-])c1ccc(-c2nc3ccc([N+](=O)[O-])cc3n2-c2ccccc2F)cc1. The first-order valence-corrected chi connectivity index (χ1v) is 8.12. The quantitative estimate of drug-likeness (QED) is 0.380. The molecule has 3 aromatic carbocycles. The summed E-state index contributed by atoms with van der Waals surface area (Å²) in [6, 6.07) is 15.8. The highest BCUT2D eigenvalue weighted by Gasteiger charge is 2.19. The van der Waals surface area contributed by atoms with Gasteiger partial charge in [-0.3, -0.25) is 24.8 Å². The first-order chi connectivity index (χ1) is 13.5. The highest BCUT2D eigenvalue weighted by atomic mass is 19.1. The highest BCUT2D eigenvalue weighted by Crippen LogP contribution is 2.32.